The monoisotopic (exact) mass is 357 g/mol. The maximum atomic E-state index is 2.33. The van der Waals surface area contributed by atoms with Crippen LogP contribution in [0.2, 0.25) is 0 Å². The molecule has 0 fully saturated rings. The lowest BCUT2D eigenvalue weighted by molar-refractivity contribution is 0.789. The van der Waals surface area contributed by atoms with Gasteiger partial charge in [-0.3, -0.25) is 0 Å². The van der Waals surface area contributed by atoms with E-state index in [1.165, 1.54) is 38.5 Å². The van der Waals surface area contributed by atoms with Gasteiger partial charge in [-0.15, -0.1) is 11.3 Å². The second kappa shape index (κ2) is 6.97. The molecular formula is C24H23NS. The van der Waals surface area contributed by atoms with E-state index in [2.05, 4.69) is 104 Å². The van der Waals surface area contributed by atoms with Crippen molar-refractivity contribution in [3.8, 4) is 27.3 Å². The predicted molar refractivity (Wildman–Crippen MR) is 113 cm³/mol. The molecular weight excluding hydrogens is 334 g/mol. The fourth-order valence-corrected chi connectivity index (χ4v) is 4.40. The third kappa shape index (κ3) is 3.13. The van der Waals surface area contributed by atoms with Crippen LogP contribution in [-0.4, -0.2) is 4.57 Å². The zero-order chi connectivity index (χ0) is 18.1. The lowest BCUT2D eigenvalue weighted by Gasteiger charge is -2.15. The lowest BCUT2D eigenvalue weighted by Crippen LogP contribution is -2.02. The summed E-state index contributed by atoms with van der Waals surface area (Å²) in [7, 11) is 0. The van der Waals surface area contributed by atoms with Gasteiger partial charge in [0.05, 0.1) is 0 Å². The first-order valence-electron chi connectivity index (χ1n) is 9.06. The summed E-state index contributed by atoms with van der Waals surface area (Å²) in [6.45, 7) is 6.68. The number of thiophene rings is 1. The highest BCUT2D eigenvalue weighted by Crippen LogP contribution is 2.33. The highest BCUT2D eigenvalue weighted by molar-refractivity contribution is 7.13. The SMILES string of the molecule is Cc1csc(-c2ccc(-n3ccc(-c4ccccc4)c3C(C)C)cc2)c1. The summed E-state index contributed by atoms with van der Waals surface area (Å²) in [6.07, 6.45) is 2.20. The van der Waals surface area contributed by atoms with Crippen LogP contribution in [0, 0.1) is 6.92 Å². The van der Waals surface area contributed by atoms with Gasteiger partial charge in [-0.2, -0.15) is 0 Å². The van der Waals surface area contributed by atoms with Crippen molar-refractivity contribution in [2.24, 2.45) is 0 Å². The molecule has 0 saturated heterocycles. The summed E-state index contributed by atoms with van der Waals surface area (Å²) in [5, 5.41) is 2.21. The first-order chi connectivity index (χ1) is 12.6. The Morgan fingerprint density at radius 3 is 2.19 bits per heavy atom. The molecule has 1 nitrogen and oxygen atoms in total. The van der Waals surface area contributed by atoms with Gasteiger partial charge in [0.15, 0.2) is 0 Å². The molecule has 2 aromatic carbocycles. The fraction of sp³-hybridized carbons (Fsp3) is 0.167. The molecule has 4 aromatic rings. The largest absolute Gasteiger partial charge is 0.320 e. The molecule has 0 radical (unpaired) electrons. The molecule has 2 heterocycles. The summed E-state index contributed by atoms with van der Waals surface area (Å²) in [5.41, 5.74) is 7.78. The van der Waals surface area contributed by atoms with Gasteiger partial charge in [0.2, 0.25) is 0 Å². The van der Waals surface area contributed by atoms with E-state index in [-0.39, 0.29) is 0 Å². The zero-order valence-electron chi connectivity index (χ0n) is 15.4. The van der Waals surface area contributed by atoms with Crippen LogP contribution < -0.4 is 0 Å². The second-order valence-electron chi connectivity index (χ2n) is 7.04. The van der Waals surface area contributed by atoms with Crippen molar-refractivity contribution in [2.45, 2.75) is 26.7 Å². The van der Waals surface area contributed by atoms with Gasteiger partial charge in [-0.1, -0.05) is 56.3 Å². The Labute approximate surface area is 159 Å². The number of hydrogen-bond acceptors (Lipinski definition) is 1. The number of rotatable bonds is 4. The van der Waals surface area contributed by atoms with Gasteiger partial charge in [0.1, 0.15) is 0 Å². The molecule has 0 amide bonds. The van der Waals surface area contributed by atoms with Crippen molar-refractivity contribution in [3.63, 3.8) is 0 Å². The zero-order valence-corrected chi connectivity index (χ0v) is 16.3. The van der Waals surface area contributed by atoms with E-state index in [1.54, 1.807) is 11.3 Å². The minimum atomic E-state index is 0.444. The molecule has 2 heteroatoms. The normalized spacial score (nSPS) is 11.2. The predicted octanol–water partition coefficient (Wildman–Crippen LogP) is 7.30. The summed E-state index contributed by atoms with van der Waals surface area (Å²) < 4.78 is 2.33. The van der Waals surface area contributed by atoms with Crippen molar-refractivity contribution in [3.05, 3.63) is 89.6 Å². The van der Waals surface area contributed by atoms with E-state index in [4.69, 9.17) is 0 Å². The van der Waals surface area contributed by atoms with Gasteiger partial charge >= 0.3 is 0 Å². The van der Waals surface area contributed by atoms with Gasteiger partial charge in [0, 0.05) is 28.0 Å². The molecule has 0 saturated carbocycles. The number of aryl methyl sites for hydroxylation is 1. The summed E-state index contributed by atoms with van der Waals surface area (Å²) in [4.78, 5) is 1.33. The van der Waals surface area contributed by atoms with Gasteiger partial charge < -0.3 is 4.57 Å². The molecule has 0 atom stereocenters. The van der Waals surface area contributed by atoms with Crippen molar-refractivity contribution in [1.29, 1.82) is 0 Å². The molecule has 130 valence electrons. The second-order valence-corrected chi connectivity index (χ2v) is 7.95. The number of aromatic nitrogens is 1. The molecule has 0 N–H and O–H groups in total. The maximum Gasteiger partial charge on any atom is 0.0453 e. The van der Waals surface area contributed by atoms with Crippen LogP contribution in [0.15, 0.2) is 78.3 Å². The van der Waals surface area contributed by atoms with E-state index in [0.29, 0.717) is 5.92 Å². The third-order valence-electron chi connectivity index (χ3n) is 4.72. The Balaban J connectivity index is 1.75. The van der Waals surface area contributed by atoms with Crippen molar-refractivity contribution >= 4 is 11.3 Å². The molecule has 0 bridgehead atoms. The Hall–Kier alpha value is -2.58. The summed E-state index contributed by atoms with van der Waals surface area (Å²) in [5.74, 6) is 0.444. The van der Waals surface area contributed by atoms with Crippen molar-refractivity contribution < 1.29 is 0 Å². The molecule has 0 aliphatic heterocycles. The standard InChI is InChI=1S/C24H23NS/c1-17(2)24-22(19-7-5-4-6-8-19)13-14-25(24)21-11-9-20(10-12-21)23-15-18(3)16-26-23/h4-17H,1-3H3. The highest BCUT2D eigenvalue weighted by atomic mass is 32.1. The highest BCUT2D eigenvalue weighted by Gasteiger charge is 2.15. The topological polar surface area (TPSA) is 4.93 Å². The molecule has 0 aliphatic rings. The molecule has 0 spiro atoms. The van der Waals surface area contributed by atoms with Crippen LogP contribution in [0.5, 0.6) is 0 Å². The lowest BCUT2D eigenvalue weighted by atomic mass is 9.99. The minimum Gasteiger partial charge on any atom is -0.320 e. The molecule has 26 heavy (non-hydrogen) atoms. The maximum absolute atomic E-state index is 2.33. The Kier molecular flexibility index (Phi) is 4.52. The quantitative estimate of drug-likeness (QED) is 0.361. The summed E-state index contributed by atoms with van der Waals surface area (Å²) in [6, 6.07) is 24.1. The minimum absolute atomic E-state index is 0.444. The molecule has 4 rings (SSSR count). The van der Waals surface area contributed by atoms with Crippen molar-refractivity contribution in [1.82, 2.24) is 4.57 Å². The first-order valence-corrected chi connectivity index (χ1v) is 9.94. The average Bonchev–Trinajstić information content (AvgIpc) is 3.29. The van der Waals surface area contributed by atoms with E-state index in [1.807, 2.05) is 0 Å². The van der Waals surface area contributed by atoms with Crippen LogP contribution in [0.4, 0.5) is 0 Å². The Morgan fingerprint density at radius 2 is 1.58 bits per heavy atom. The van der Waals surface area contributed by atoms with Crippen LogP contribution in [0.3, 0.4) is 0 Å². The van der Waals surface area contributed by atoms with Gasteiger partial charge in [0.25, 0.3) is 0 Å². The van der Waals surface area contributed by atoms with E-state index < -0.39 is 0 Å². The number of hydrogen-bond donors (Lipinski definition) is 0. The summed E-state index contributed by atoms with van der Waals surface area (Å²) >= 11 is 1.81. The average molecular weight is 358 g/mol. The van der Waals surface area contributed by atoms with Crippen LogP contribution in [-0.2, 0) is 0 Å². The Bertz CT molecular complexity index is 1000. The van der Waals surface area contributed by atoms with Crippen LogP contribution >= 0.6 is 11.3 Å². The molecule has 0 unspecified atom stereocenters. The fourth-order valence-electron chi connectivity index (χ4n) is 3.49. The van der Waals surface area contributed by atoms with Crippen molar-refractivity contribution in [2.75, 3.05) is 0 Å². The first kappa shape index (κ1) is 16.9. The van der Waals surface area contributed by atoms with E-state index in [9.17, 15) is 0 Å². The molecule has 0 aliphatic carbocycles. The Morgan fingerprint density at radius 1 is 0.846 bits per heavy atom. The third-order valence-corrected chi connectivity index (χ3v) is 5.82. The van der Waals surface area contributed by atoms with Gasteiger partial charge in [-0.05, 0) is 59.2 Å². The van der Waals surface area contributed by atoms with Gasteiger partial charge in [-0.25, -0.2) is 0 Å². The van der Waals surface area contributed by atoms with E-state index >= 15 is 0 Å². The van der Waals surface area contributed by atoms with Crippen LogP contribution in [0.25, 0.3) is 27.3 Å². The molecule has 2 aromatic heterocycles. The number of benzene rings is 2. The smallest absolute Gasteiger partial charge is 0.0453 e. The van der Waals surface area contributed by atoms with Crippen LogP contribution in [0.1, 0.15) is 31.0 Å². The van der Waals surface area contributed by atoms with E-state index in [0.717, 1.165) is 0 Å². The number of nitrogens with zero attached hydrogens (tertiary/aromatic N) is 1.